The topological polar surface area (TPSA) is 54.7 Å². The van der Waals surface area contributed by atoms with E-state index in [0.29, 0.717) is 5.92 Å². The fraction of sp³-hybridized carbons (Fsp3) is 0.800. The molecule has 1 aliphatic heterocycles. The number of ether oxygens (including phenoxy) is 1. The number of nitrogens with one attached hydrogen (secondary N) is 1. The van der Waals surface area contributed by atoms with Gasteiger partial charge in [0, 0.05) is 52.1 Å². The van der Waals surface area contributed by atoms with Crippen molar-refractivity contribution in [1.29, 1.82) is 0 Å². The van der Waals surface area contributed by atoms with Crippen LogP contribution < -0.4 is 5.32 Å². The maximum atomic E-state index is 5.46. The van der Waals surface area contributed by atoms with E-state index in [2.05, 4.69) is 53.9 Å². The van der Waals surface area contributed by atoms with E-state index in [1.807, 2.05) is 6.92 Å². The molecule has 7 heteroatoms. The van der Waals surface area contributed by atoms with Gasteiger partial charge in [0.1, 0.15) is 0 Å². The molecule has 1 fully saturated rings. The van der Waals surface area contributed by atoms with Crippen LogP contribution in [0.5, 0.6) is 0 Å². The van der Waals surface area contributed by atoms with Crippen molar-refractivity contribution in [3.8, 4) is 0 Å². The first-order valence-electron chi connectivity index (χ1n) is 10.1. The zero-order valence-corrected chi connectivity index (χ0v) is 20.0. The molecule has 0 bridgehead atoms. The van der Waals surface area contributed by atoms with E-state index in [1.54, 1.807) is 0 Å². The Labute approximate surface area is 182 Å². The van der Waals surface area contributed by atoms with Crippen LogP contribution in [-0.4, -0.2) is 60.5 Å². The van der Waals surface area contributed by atoms with Crippen molar-refractivity contribution < 1.29 is 4.74 Å². The van der Waals surface area contributed by atoms with Crippen molar-refractivity contribution in [3.05, 3.63) is 17.5 Å². The summed E-state index contributed by atoms with van der Waals surface area (Å²) in [5, 5.41) is 8.00. The van der Waals surface area contributed by atoms with Gasteiger partial charge in [0.25, 0.3) is 0 Å². The van der Waals surface area contributed by atoms with E-state index in [9.17, 15) is 0 Å². The van der Waals surface area contributed by atoms with Crippen LogP contribution in [0.3, 0.4) is 0 Å². The largest absolute Gasteiger partial charge is 0.381 e. The van der Waals surface area contributed by atoms with Gasteiger partial charge in [-0.15, -0.1) is 24.0 Å². The lowest BCUT2D eigenvalue weighted by Crippen LogP contribution is -2.40. The van der Waals surface area contributed by atoms with Gasteiger partial charge in [-0.1, -0.05) is 6.92 Å². The molecule has 1 saturated heterocycles. The molecule has 1 aromatic heterocycles. The quantitative estimate of drug-likeness (QED) is 0.344. The predicted molar refractivity (Wildman–Crippen MR) is 123 cm³/mol. The van der Waals surface area contributed by atoms with Crippen molar-refractivity contribution in [2.24, 2.45) is 16.8 Å². The zero-order chi connectivity index (χ0) is 18.9. The van der Waals surface area contributed by atoms with Crippen molar-refractivity contribution in [2.75, 3.05) is 39.9 Å². The molecule has 1 atom stereocenters. The SMILES string of the molecule is CCNC(=NCC(C)Cn1nc(C)cc1C)N(C)CCC1CCOCC1.I. The Balaban J connectivity index is 0.00000364. The van der Waals surface area contributed by atoms with E-state index < -0.39 is 0 Å². The number of hydrogen-bond acceptors (Lipinski definition) is 3. The molecule has 1 aliphatic rings. The molecule has 2 rings (SSSR count). The van der Waals surface area contributed by atoms with E-state index in [-0.39, 0.29) is 24.0 Å². The van der Waals surface area contributed by atoms with Crippen molar-refractivity contribution >= 4 is 29.9 Å². The van der Waals surface area contributed by atoms with Crippen molar-refractivity contribution in [2.45, 2.75) is 53.5 Å². The normalized spacial score (nSPS) is 16.7. The van der Waals surface area contributed by atoms with Crippen LogP contribution in [0.15, 0.2) is 11.1 Å². The summed E-state index contributed by atoms with van der Waals surface area (Å²) < 4.78 is 7.55. The third kappa shape index (κ3) is 8.37. The molecule has 6 nitrogen and oxygen atoms in total. The number of hydrogen-bond donors (Lipinski definition) is 1. The Morgan fingerprint density at radius 1 is 1.41 bits per heavy atom. The van der Waals surface area contributed by atoms with E-state index in [4.69, 9.17) is 9.73 Å². The van der Waals surface area contributed by atoms with Crippen LogP contribution in [0, 0.1) is 25.7 Å². The van der Waals surface area contributed by atoms with Crippen LogP contribution in [0.1, 0.15) is 44.5 Å². The Morgan fingerprint density at radius 3 is 2.70 bits per heavy atom. The second-order valence-corrected chi connectivity index (χ2v) is 7.67. The van der Waals surface area contributed by atoms with Crippen LogP contribution in [-0.2, 0) is 11.3 Å². The molecule has 0 saturated carbocycles. The minimum absolute atomic E-state index is 0. The molecule has 0 aliphatic carbocycles. The number of aryl methyl sites for hydroxylation is 2. The van der Waals surface area contributed by atoms with Crippen molar-refractivity contribution in [3.63, 3.8) is 0 Å². The minimum atomic E-state index is 0. The van der Waals surface area contributed by atoms with Gasteiger partial charge in [0.15, 0.2) is 5.96 Å². The highest BCUT2D eigenvalue weighted by atomic mass is 127. The molecular formula is C20H38IN5O. The van der Waals surface area contributed by atoms with E-state index in [1.165, 1.54) is 25.0 Å². The molecule has 0 aromatic carbocycles. The number of guanidine groups is 1. The van der Waals surface area contributed by atoms with Gasteiger partial charge in [0.2, 0.25) is 0 Å². The Bertz CT molecular complexity index is 569. The number of halogens is 1. The van der Waals surface area contributed by atoms with Crippen LogP contribution in [0.4, 0.5) is 0 Å². The average Bonchev–Trinajstić information content (AvgIpc) is 2.94. The van der Waals surface area contributed by atoms with E-state index >= 15 is 0 Å². The molecule has 2 heterocycles. The Morgan fingerprint density at radius 2 is 2.11 bits per heavy atom. The summed E-state index contributed by atoms with van der Waals surface area (Å²) in [7, 11) is 2.15. The molecular weight excluding hydrogens is 453 g/mol. The lowest BCUT2D eigenvalue weighted by Gasteiger charge is -2.27. The summed E-state index contributed by atoms with van der Waals surface area (Å²) in [5.41, 5.74) is 2.30. The van der Waals surface area contributed by atoms with Gasteiger partial charge in [-0.2, -0.15) is 5.10 Å². The molecule has 1 unspecified atom stereocenters. The smallest absolute Gasteiger partial charge is 0.193 e. The van der Waals surface area contributed by atoms with Crippen LogP contribution in [0.2, 0.25) is 0 Å². The molecule has 1 aromatic rings. The summed E-state index contributed by atoms with van der Waals surface area (Å²) in [6, 6.07) is 2.13. The molecule has 1 N–H and O–H groups in total. The third-order valence-electron chi connectivity index (χ3n) is 5.05. The highest BCUT2D eigenvalue weighted by Gasteiger charge is 2.15. The van der Waals surface area contributed by atoms with Gasteiger partial charge in [-0.25, -0.2) is 0 Å². The van der Waals surface area contributed by atoms with Gasteiger partial charge in [0.05, 0.1) is 5.69 Å². The third-order valence-corrected chi connectivity index (χ3v) is 5.05. The first-order valence-corrected chi connectivity index (χ1v) is 10.1. The van der Waals surface area contributed by atoms with Crippen molar-refractivity contribution in [1.82, 2.24) is 20.0 Å². The standard InChI is InChI=1S/C20H37N5O.HI/c1-6-21-20(24(5)10-7-19-8-11-26-12-9-19)22-14-16(2)15-25-18(4)13-17(3)23-25;/h13,16,19H,6-12,14-15H2,1-5H3,(H,21,22);1H. The lowest BCUT2D eigenvalue weighted by molar-refractivity contribution is 0.0625. The zero-order valence-electron chi connectivity index (χ0n) is 17.7. The monoisotopic (exact) mass is 491 g/mol. The molecule has 0 amide bonds. The molecule has 0 radical (unpaired) electrons. The first-order chi connectivity index (χ1) is 12.5. The molecule has 0 spiro atoms. The number of aliphatic imine (C=N–C) groups is 1. The highest BCUT2D eigenvalue weighted by Crippen LogP contribution is 2.18. The predicted octanol–water partition coefficient (Wildman–Crippen LogP) is 3.47. The van der Waals surface area contributed by atoms with Crippen LogP contribution in [0.25, 0.3) is 0 Å². The second kappa shape index (κ2) is 12.6. The van der Waals surface area contributed by atoms with Gasteiger partial charge in [-0.3, -0.25) is 9.67 Å². The second-order valence-electron chi connectivity index (χ2n) is 7.67. The summed E-state index contributed by atoms with van der Waals surface area (Å²) >= 11 is 0. The molecule has 156 valence electrons. The summed E-state index contributed by atoms with van der Waals surface area (Å²) in [6.45, 7) is 14.0. The summed E-state index contributed by atoms with van der Waals surface area (Å²) in [4.78, 5) is 7.15. The number of rotatable bonds is 8. The average molecular weight is 491 g/mol. The fourth-order valence-electron chi connectivity index (χ4n) is 3.44. The Hall–Kier alpha value is -0.830. The summed E-state index contributed by atoms with van der Waals surface area (Å²) in [6.07, 6.45) is 3.61. The maximum Gasteiger partial charge on any atom is 0.193 e. The lowest BCUT2D eigenvalue weighted by atomic mass is 9.96. The van der Waals surface area contributed by atoms with Crippen LogP contribution >= 0.6 is 24.0 Å². The molecule has 27 heavy (non-hydrogen) atoms. The first kappa shape index (κ1) is 24.2. The van der Waals surface area contributed by atoms with Gasteiger partial charge < -0.3 is 15.0 Å². The minimum Gasteiger partial charge on any atom is -0.381 e. The number of aromatic nitrogens is 2. The highest BCUT2D eigenvalue weighted by molar-refractivity contribution is 14.0. The Kier molecular flexibility index (Phi) is 11.3. The van der Waals surface area contributed by atoms with Gasteiger partial charge >= 0.3 is 0 Å². The maximum absolute atomic E-state index is 5.46. The fourth-order valence-corrected chi connectivity index (χ4v) is 3.44. The summed E-state index contributed by atoms with van der Waals surface area (Å²) in [5.74, 6) is 2.25. The number of nitrogens with zero attached hydrogens (tertiary/aromatic N) is 4. The van der Waals surface area contributed by atoms with E-state index in [0.717, 1.165) is 57.0 Å². The van der Waals surface area contributed by atoms with Gasteiger partial charge in [-0.05, 0) is 57.9 Å².